The van der Waals surface area contributed by atoms with Crippen LogP contribution in [-0.4, -0.2) is 40.0 Å². The van der Waals surface area contributed by atoms with E-state index in [-0.39, 0.29) is 5.91 Å². The maximum atomic E-state index is 11.7. The molecular formula is C26H25N7O. The average molecular weight is 452 g/mol. The predicted octanol–water partition coefficient (Wildman–Crippen LogP) is 4.33. The molecule has 8 nitrogen and oxygen atoms in total. The maximum absolute atomic E-state index is 11.7. The Bertz CT molecular complexity index is 1330. The molecule has 4 N–H and O–H groups in total. The highest BCUT2D eigenvalue weighted by molar-refractivity contribution is 5.99. The van der Waals surface area contributed by atoms with Crippen molar-refractivity contribution in [1.82, 2.24) is 20.3 Å². The van der Waals surface area contributed by atoms with Crippen molar-refractivity contribution in [3.8, 4) is 11.3 Å². The third-order valence-electron chi connectivity index (χ3n) is 5.67. The van der Waals surface area contributed by atoms with Crippen molar-refractivity contribution in [3.05, 3.63) is 79.6 Å². The van der Waals surface area contributed by atoms with Gasteiger partial charge in [-0.2, -0.15) is 0 Å². The van der Waals surface area contributed by atoms with E-state index in [4.69, 9.17) is 4.98 Å². The Morgan fingerprint density at radius 3 is 2.71 bits per heavy atom. The lowest BCUT2D eigenvalue weighted by Gasteiger charge is -2.13. The molecule has 0 radical (unpaired) electrons. The fourth-order valence-corrected chi connectivity index (χ4v) is 3.96. The third kappa shape index (κ3) is 4.87. The second-order valence-electron chi connectivity index (χ2n) is 8.10. The highest BCUT2D eigenvalue weighted by atomic mass is 16.1. The number of rotatable bonds is 7. The number of amides is 1. The van der Waals surface area contributed by atoms with Crippen molar-refractivity contribution in [2.75, 3.05) is 29.0 Å². The monoisotopic (exact) mass is 451 g/mol. The van der Waals surface area contributed by atoms with Crippen LogP contribution in [0.1, 0.15) is 6.42 Å². The van der Waals surface area contributed by atoms with Crippen LogP contribution in [0.4, 0.5) is 23.0 Å². The van der Waals surface area contributed by atoms with Gasteiger partial charge >= 0.3 is 0 Å². The Labute approximate surface area is 197 Å². The molecule has 2 aromatic heterocycles. The van der Waals surface area contributed by atoms with Crippen LogP contribution in [0.2, 0.25) is 0 Å². The Morgan fingerprint density at radius 2 is 1.91 bits per heavy atom. The fourth-order valence-electron chi connectivity index (χ4n) is 3.96. The minimum Gasteiger partial charge on any atom is -0.381 e. The van der Waals surface area contributed by atoms with Gasteiger partial charge in [-0.25, -0.2) is 9.97 Å². The molecule has 3 heterocycles. The molecule has 0 aliphatic carbocycles. The summed E-state index contributed by atoms with van der Waals surface area (Å²) in [6.07, 6.45) is 5.81. The lowest BCUT2D eigenvalue weighted by molar-refractivity contribution is -0.111. The molecule has 5 rings (SSSR count). The number of anilines is 4. The fraction of sp³-hybridized carbons (Fsp3) is 0.154. The Kier molecular flexibility index (Phi) is 6.13. The van der Waals surface area contributed by atoms with Crippen molar-refractivity contribution in [2.24, 2.45) is 0 Å². The second-order valence-corrected chi connectivity index (χ2v) is 8.10. The first kappa shape index (κ1) is 21.5. The first-order valence-corrected chi connectivity index (χ1v) is 11.2. The molecule has 1 aliphatic rings. The number of nitrogens with one attached hydrogen (secondary N) is 4. The summed E-state index contributed by atoms with van der Waals surface area (Å²) in [5.41, 5.74) is 4.96. The van der Waals surface area contributed by atoms with Crippen molar-refractivity contribution in [2.45, 2.75) is 12.5 Å². The van der Waals surface area contributed by atoms with Gasteiger partial charge in [-0.05, 0) is 55.4 Å². The maximum Gasteiger partial charge on any atom is 0.247 e. The molecule has 1 amide bonds. The van der Waals surface area contributed by atoms with E-state index in [0.29, 0.717) is 23.4 Å². The van der Waals surface area contributed by atoms with Crippen LogP contribution in [0.25, 0.3) is 22.2 Å². The van der Waals surface area contributed by atoms with Gasteiger partial charge in [-0.3, -0.25) is 9.78 Å². The average Bonchev–Trinajstić information content (AvgIpc) is 3.38. The van der Waals surface area contributed by atoms with E-state index < -0.39 is 0 Å². The molecule has 4 aromatic rings. The number of carbonyl (C=O) groups excluding carboxylic acids is 1. The van der Waals surface area contributed by atoms with Gasteiger partial charge in [0.15, 0.2) is 0 Å². The van der Waals surface area contributed by atoms with E-state index in [1.807, 2.05) is 36.4 Å². The van der Waals surface area contributed by atoms with E-state index in [0.717, 1.165) is 47.4 Å². The Balaban J connectivity index is 1.39. The minimum absolute atomic E-state index is 0.273. The normalized spacial score (nSPS) is 15.1. The third-order valence-corrected chi connectivity index (χ3v) is 5.67. The summed E-state index contributed by atoms with van der Waals surface area (Å²) in [5, 5.41) is 13.9. The van der Waals surface area contributed by atoms with E-state index >= 15 is 0 Å². The summed E-state index contributed by atoms with van der Waals surface area (Å²) in [5.74, 6) is 0.224. The topological polar surface area (TPSA) is 104 Å². The van der Waals surface area contributed by atoms with Crippen molar-refractivity contribution in [1.29, 1.82) is 0 Å². The summed E-state index contributed by atoms with van der Waals surface area (Å²) >= 11 is 0. The van der Waals surface area contributed by atoms with Gasteiger partial charge in [-0.1, -0.05) is 24.8 Å². The van der Waals surface area contributed by atoms with Gasteiger partial charge in [0.05, 0.1) is 11.2 Å². The molecule has 2 aromatic carbocycles. The minimum atomic E-state index is -0.273. The summed E-state index contributed by atoms with van der Waals surface area (Å²) in [6.45, 7) is 5.54. The molecular weight excluding hydrogens is 426 g/mol. The van der Waals surface area contributed by atoms with Crippen molar-refractivity contribution in [3.63, 3.8) is 0 Å². The molecule has 0 bridgehead atoms. The molecule has 1 unspecified atom stereocenters. The largest absolute Gasteiger partial charge is 0.381 e. The number of carbonyl (C=O) groups is 1. The molecule has 34 heavy (non-hydrogen) atoms. The number of fused-ring (bicyclic) bond motifs is 1. The van der Waals surface area contributed by atoms with Crippen LogP contribution >= 0.6 is 0 Å². The molecule has 1 fully saturated rings. The molecule has 1 saturated heterocycles. The zero-order chi connectivity index (χ0) is 23.3. The van der Waals surface area contributed by atoms with Gasteiger partial charge in [0.1, 0.15) is 0 Å². The highest BCUT2D eigenvalue weighted by Crippen LogP contribution is 2.28. The Hall–Kier alpha value is -4.30. The van der Waals surface area contributed by atoms with E-state index in [9.17, 15) is 4.79 Å². The lowest BCUT2D eigenvalue weighted by Crippen LogP contribution is -2.21. The zero-order valence-electron chi connectivity index (χ0n) is 18.6. The molecule has 0 spiro atoms. The number of hydrogen-bond acceptors (Lipinski definition) is 7. The standard InChI is InChI=1S/C26H25N7O/c1-2-24(34)31-20-11-13-28-23(14-20)22-5-3-4-17-15-29-26(33-25(17)22)32-19-8-6-18(7-9-19)30-21-10-12-27-16-21/h2-9,11,13-15,21,27,30H,1,10,12,16H2,(H,28,31,34)(H,29,32,33). The van der Waals surface area contributed by atoms with Crippen LogP contribution in [-0.2, 0) is 4.79 Å². The lowest BCUT2D eigenvalue weighted by atomic mass is 10.1. The van der Waals surface area contributed by atoms with Crippen LogP contribution in [0, 0.1) is 0 Å². The molecule has 0 saturated carbocycles. The number of hydrogen-bond donors (Lipinski definition) is 4. The Morgan fingerprint density at radius 1 is 1.06 bits per heavy atom. The second kappa shape index (κ2) is 9.68. The van der Waals surface area contributed by atoms with Gasteiger partial charge in [0.25, 0.3) is 0 Å². The van der Waals surface area contributed by atoms with Crippen molar-refractivity contribution >= 4 is 39.8 Å². The summed E-state index contributed by atoms with van der Waals surface area (Å²) < 4.78 is 0. The van der Waals surface area contributed by atoms with Crippen molar-refractivity contribution < 1.29 is 4.79 Å². The smallest absolute Gasteiger partial charge is 0.247 e. The first-order valence-electron chi connectivity index (χ1n) is 11.2. The zero-order valence-corrected chi connectivity index (χ0v) is 18.6. The van der Waals surface area contributed by atoms with Gasteiger partial charge < -0.3 is 21.3 Å². The number of para-hydroxylation sites is 1. The van der Waals surface area contributed by atoms with Crippen LogP contribution < -0.4 is 21.3 Å². The van der Waals surface area contributed by atoms with E-state index in [1.54, 1.807) is 18.5 Å². The predicted molar refractivity (Wildman–Crippen MR) is 136 cm³/mol. The van der Waals surface area contributed by atoms with E-state index in [1.165, 1.54) is 6.08 Å². The number of nitrogens with zero attached hydrogens (tertiary/aromatic N) is 3. The first-order chi connectivity index (χ1) is 16.7. The number of pyridine rings is 1. The van der Waals surface area contributed by atoms with Crippen LogP contribution in [0.15, 0.2) is 79.6 Å². The highest BCUT2D eigenvalue weighted by Gasteiger charge is 2.14. The van der Waals surface area contributed by atoms with Gasteiger partial charge in [-0.15, -0.1) is 0 Å². The molecule has 1 aliphatic heterocycles. The quantitative estimate of drug-likeness (QED) is 0.310. The molecule has 170 valence electrons. The molecule has 1 atom stereocenters. The summed E-state index contributed by atoms with van der Waals surface area (Å²) in [7, 11) is 0. The number of aromatic nitrogens is 3. The van der Waals surface area contributed by atoms with E-state index in [2.05, 4.69) is 49.9 Å². The van der Waals surface area contributed by atoms with Crippen LogP contribution in [0.3, 0.4) is 0 Å². The summed E-state index contributed by atoms with van der Waals surface area (Å²) in [4.78, 5) is 25.4. The van der Waals surface area contributed by atoms with Gasteiger partial charge in [0.2, 0.25) is 11.9 Å². The SMILES string of the molecule is C=CC(=O)Nc1ccnc(-c2cccc3cnc(Nc4ccc(NC5CCNC5)cc4)nc23)c1. The number of benzene rings is 2. The molecule has 8 heteroatoms. The van der Waals surface area contributed by atoms with Crippen LogP contribution in [0.5, 0.6) is 0 Å². The summed E-state index contributed by atoms with van der Waals surface area (Å²) in [6, 6.07) is 18.0. The van der Waals surface area contributed by atoms with Gasteiger partial charge in [0, 0.05) is 53.0 Å².